The van der Waals surface area contributed by atoms with Gasteiger partial charge >= 0.3 is 0 Å². The van der Waals surface area contributed by atoms with Crippen LogP contribution in [0.4, 0.5) is 0 Å². The molecule has 0 spiro atoms. The zero-order valence-electron chi connectivity index (χ0n) is 23.9. The Morgan fingerprint density at radius 3 is 1.50 bits per heavy atom. The van der Waals surface area contributed by atoms with Crippen LogP contribution in [0.15, 0.2) is 12.7 Å². The molecule has 260 valence electrons. The van der Waals surface area contributed by atoms with Crippen molar-refractivity contribution >= 4 is 80.2 Å². The molecule has 0 aromatic heterocycles. The minimum Gasteiger partial charge on any atom is -0.389 e. The summed E-state index contributed by atoms with van der Waals surface area (Å²) in [7, 11) is 5.81. The van der Waals surface area contributed by atoms with Crippen molar-refractivity contribution < 1.29 is 74.4 Å². The summed E-state index contributed by atoms with van der Waals surface area (Å²) >= 11 is 0. The third-order valence-electron chi connectivity index (χ3n) is 7.43. The lowest BCUT2D eigenvalue weighted by atomic mass is 10.00. The lowest BCUT2D eigenvalue weighted by molar-refractivity contribution is -0.317. The molecule has 0 bridgehead atoms. The van der Waals surface area contributed by atoms with Gasteiger partial charge < -0.3 is 51.6 Å². The molecule has 16 nitrogen and oxygen atoms in total. The van der Waals surface area contributed by atoms with Gasteiger partial charge in [-0.05, 0) is 0 Å². The Hall–Kier alpha value is 1.52. The van der Waals surface area contributed by atoms with Crippen LogP contribution in [0.1, 0.15) is 0 Å². The number of hydrogen-bond donors (Lipinski definition) is 1. The standard InChI is InChI=1S/C21H35O16P9/c1-2-3-28-20-17(45-26)15(43-24)12(7(32-20)4-29-38)36-21-18(46-27)16(44-25)11(8(33-21)5-30-39)35-19-13(37-41)10(22)14(42-23)9(34-19)6-31-40/h2,7-22H,1,3-6,38-41H2/t7?,8?,9?,10?,11-,12+,13-,14-,15?,16?,17-,18-,19+,20?,21-/m0/s1. The molecule has 1 N–H and O–H groups in total. The zero-order chi connectivity index (χ0) is 33.8. The molecule has 0 aromatic rings. The third kappa shape index (κ3) is 10.1. The zero-order valence-corrected chi connectivity index (χ0v) is 33.0. The molecule has 0 aromatic carbocycles. The highest BCUT2D eigenvalue weighted by Gasteiger charge is 2.56. The normalized spacial score (nSPS) is 42.2. The van der Waals surface area contributed by atoms with E-state index in [4.69, 9.17) is 46.5 Å². The van der Waals surface area contributed by atoms with E-state index >= 15 is 0 Å². The van der Waals surface area contributed by atoms with Gasteiger partial charge in [0.1, 0.15) is 54.0 Å². The fourth-order valence-electron chi connectivity index (χ4n) is 5.32. The summed E-state index contributed by atoms with van der Waals surface area (Å²) in [5.41, 5.74) is -5.05. The van der Waals surface area contributed by atoms with Crippen LogP contribution in [-0.4, -0.2) is 121 Å². The third-order valence-corrected chi connectivity index (χ3v) is 13.0. The van der Waals surface area contributed by atoms with Gasteiger partial charge in [-0.25, -0.2) is 0 Å². The quantitative estimate of drug-likeness (QED) is 0.147. The first-order valence-electron chi connectivity index (χ1n) is 13.4. The van der Waals surface area contributed by atoms with Gasteiger partial charge in [-0.2, -0.15) is 0 Å². The molecule has 3 aliphatic rings. The van der Waals surface area contributed by atoms with Gasteiger partial charge in [-0.3, -0.25) is 22.8 Å². The number of aliphatic hydroxyl groups excluding tert-OH is 1. The Morgan fingerprint density at radius 2 is 1.04 bits per heavy atom. The van der Waals surface area contributed by atoms with Crippen molar-refractivity contribution in [1.82, 2.24) is 0 Å². The van der Waals surface area contributed by atoms with Crippen molar-refractivity contribution in [1.29, 1.82) is 0 Å². The Balaban J connectivity index is 1.93. The second kappa shape index (κ2) is 21.8. The Morgan fingerprint density at radius 1 is 0.609 bits per heavy atom. The van der Waals surface area contributed by atoms with Crippen LogP contribution in [0, 0.1) is 0 Å². The summed E-state index contributed by atoms with van der Waals surface area (Å²) in [6, 6.07) is 0. The maximum Gasteiger partial charge on any atom is 0.187 e. The molecule has 0 aliphatic carbocycles. The Bertz CT molecular complexity index is 1020. The lowest BCUT2D eigenvalue weighted by Crippen LogP contribution is -2.64. The van der Waals surface area contributed by atoms with Crippen LogP contribution in [0.5, 0.6) is 0 Å². The molecule has 25 heteroatoms. The molecule has 0 amide bonds. The fraction of sp³-hybridized carbons (Fsp3) is 0.905. The first-order valence-corrected chi connectivity index (χ1v) is 19.7. The van der Waals surface area contributed by atoms with Crippen LogP contribution < -0.4 is 0 Å². The Kier molecular flexibility index (Phi) is 19.9. The summed E-state index contributed by atoms with van der Waals surface area (Å²) in [4.78, 5) is 0. The lowest BCUT2D eigenvalue weighted by Gasteiger charge is -2.48. The van der Waals surface area contributed by atoms with E-state index in [1.54, 1.807) is 0 Å². The molecule has 3 heterocycles. The number of aliphatic hydroxyl groups is 1. The second-order valence-electron chi connectivity index (χ2n) is 10.0. The van der Waals surface area contributed by atoms with Crippen LogP contribution in [-0.2, 0) is 69.3 Å². The van der Waals surface area contributed by atoms with Crippen LogP contribution in [0.2, 0.25) is 0 Å². The molecule has 19 atom stereocenters. The van der Waals surface area contributed by atoms with E-state index < -0.39 is 132 Å². The molecule has 11 unspecified atom stereocenters. The predicted molar refractivity (Wildman–Crippen MR) is 176 cm³/mol. The molecule has 3 aliphatic heterocycles. The van der Waals surface area contributed by atoms with Gasteiger partial charge in [0.05, 0.1) is 43.4 Å². The van der Waals surface area contributed by atoms with Crippen molar-refractivity contribution in [3.8, 4) is 0 Å². The second-order valence-corrected chi connectivity index (χ2v) is 15.3. The first-order chi connectivity index (χ1) is 22.3. The summed E-state index contributed by atoms with van der Waals surface area (Å²) in [6.07, 6.45) is -9.81. The van der Waals surface area contributed by atoms with Gasteiger partial charge in [0.2, 0.25) is 0 Å². The average Bonchev–Trinajstić information content (AvgIpc) is 3.05. The van der Waals surface area contributed by atoms with Crippen LogP contribution in [0.25, 0.3) is 0 Å². The van der Waals surface area contributed by atoms with E-state index in [1.165, 1.54) is 6.08 Å². The van der Waals surface area contributed by atoms with E-state index in [1.807, 2.05) is 18.9 Å². The summed E-state index contributed by atoms with van der Waals surface area (Å²) in [6.45, 7) is 3.35. The maximum absolute atomic E-state index is 12.7. The highest BCUT2D eigenvalue weighted by Crippen LogP contribution is 2.44. The van der Waals surface area contributed by atoms with Crippen LogP contribution in [0.3, 0.4) is 0 Å². The maximum atomic E-state index is 12.7. The molecule has 0 saturated carbocycles. The average molecular weight is 822 g/mol. The van der Waals surface area contributed by atoms with Crippen molar-refractivity contribution in [2.75, 3.05) is 26.4 Å². The van der Waals surface area contributed by atoms with Crippen molar-refractivity contribution in [2.24, 2.45) is 0 Å². The van der Waals surface area contributed by atoms with E-state index in [0.29, 0.717) is 0 Å². The minimum atomic E-state index is -1.36. The summed E-state index contributed by atoms with van der Waals surface area (Å²) in [5, 5.41) is 10.9. The predicted octanol–water partition coefficient (Wildman–Crippen LogP) is 3.39. The monoisotopic (exact) mass is 822 g/mol. The highest BCUT2D eigenvalue weighted by molar-refractivity contribution is 7.30. The molecule has 3 rings (SSSR count). The Labute approximate surface area is 283 Å². The fourth-order valence-corrected chi connectivity index (χ4v) is 9.80. The van der Waals surface area contributed by atoms with Gasteiger partial charge in [-0.15, -0.1) is 6.58 Å². The van der Waals surface area contributed by atoms with E-state index in [9.17, 15) is 27.9 Å². The highest BCUT2D eigenvalue weighted by atomic mass is 31.1. The van der Waals surface area contributed by atoms with Crippen LogP contribution >= 0.6 is 80.2 Å². The molecular weight excluding hydrogens is 787 g/mol. The number of ether oxygens (including phenoxy) is 6. The summed E-state index contributed by atoms with van der Waals surface area (Å²) < 4.78 is 119. The first kappa shape index (κ1) is 41.9. The smallest absolute Gasteiger partial charge is 0.187 e. The van der Waals surface area contributed by atoms with Crippen molar-refractivity contribution in [3.63, 3.8) is 0 Å². The van der Waals surface area contributed by atoms with Gasteiger partial charge in [-0.1, -0.05) is 6.08 Å². The SMILES string of the molecule is C=CCOC1OC(COP)[C@@H](O[C@@H]2OC(COP)[C@H](O[C@H]3OC(COP)[C@H](P=O)C(O)[C@@H]3OP)C(P=O)[C@@H]2P=O)C(P=O)[C@@H]1P=O. The van der Waals surface area contributed by atoms with Gasteiger partial charge in [0.15, 0.2) is 61.2 Å². The topological polar surface area (TPSA) is 198 Å². The van der Waals surface area contributed by atoms with Gasteiger partial charge in [0.25, 0.3) is 0 Å². The molecule has 46 heavy (non-hydrogen) atoms. The molecule has 0 radical (unpaired) electrons. The van der Waals surface area contributed by atoms with E-state index in [2.05, 4.69) is 25.5 Å². The molecule has 3 fully saturated rings. The van der Waals surface area contributed by atoms with E-state index in [0.717, 1.165) is 0 Å². The molecular formula is C21H35O16P9. The molecule has 3 saturated heterocycles. The number of rotatable bonds is 19. The van der Waals surface area contributed by atoms with Crippen molar-refractivity contribution in [2.45, 2.75) is 89.9 Å². The van der Waals surface area contributed by atoms with Gasteiger partial charge in [0, 0.05) is 37.9 Å². The minimum absolute atomic E-state index is 0.0665. The van der Waals surface area contributed by atoms with Crippen molar-refractivity contribution in [3.05, 3.63) is 12.7 Å². The van der Waals surface area contributed by atoms with E-state index in [-0.39, 0.29) is 26.4 Å². The summed E-state index contributed by atoms with van der Waals surface area (Å²) in [5.74, 6) is 0. The largest absolute Gasteiger partial charge is 0.389 e. The number of hydrogen-bond acceptors (Lipinski definition) is 16.